The highest BCUT2D eigenvalue weighted by molar-refractivity contribution is 5.89. The predicted molar refractivity (Wildman–Crippen MR) is 53.7 cm³/mol. The van der Waals surface area contributed by atoms with Crippen molar-refractivity contribution in [2.24, 2.45) is 0 Å². The molecular formula is C7H12N6O. The summed E-state index contributed by atoms with van der Waals surface area (Å²) < 4.78 is 0. The van der Waals surface area contributed by atoms with Gasteiger partial charge >= 0.3 is 6.03 Å². The lowest BCUT2D eigenvalue weighted by atomic mass is 10.5. The summed E-state index contributed by atoms with van der Waals surface area (Å²) in [6, 6.07) is -0.325. The molecule has 0 saturated heterocycles. The van der Waals surface area contributed by atoms with Crippen molar-refractivity contribution in [2.75, 3.05) is 30.5 Å². The predicted octanol–water partition coefficient (Wildman–Crippen LogP) is -0.583. The van der Waals surface area contributed by atoms with Crippen LogP contribution in [0.4, 0.5) is 22.2 Å². The Kier molecular flexibility index (Phi) is 2.70. The van der Waals surface area contributed by atoms with E-state index in [1.165, 1.54) is 25.2 Å². The highest BCUT2D eigenvalue weighted by Crippen LogP contribution is 2.13. The Bertz CT molecular complexity index is 352. The Morgan fingerprint density at radius 3 is 2.71 bits per heavy atom. The first-order valence-electron chi connectivity index (χ1n) is 3.89. The smallest absolute Gasteiger partial charge is 0.323 e. The van der Waals surface area contributed by atoms with Crippen LogP contribution in [0.5, 0.6) is 0 Å². The number of anilines is 3. The molecule has 0 aromatic carbocycles. The van der Waals surface area contributed by atoms with Gasteiger partial charge in [-0.25, -0.2) is 9.78 Å². The zero-order valence-electron chi connectivity index (χ0n) is 7.98. The first-order valence-corrected chi connectivity index (χ1v) is 3.89. The van der Waals surface area contributed by atoms with E-state index in [4.69, 9.17) is 11.5 Å². The quantitative estimate of drug-likeness (QED) is 0.556. The topological polar surface area (TPSA) is 110 Å². The van der Waals surface area contributed by atoms with E-state index in [-0.39, 0.29) is 17.8 Å². The molecule has 0 atom stereocenters. The summed E-state index contributed by atoms with van der Waals surface area (Å²) in [4.78, 5) is 20.1. The summed E-state index contributed by atoms with van der Waals surface area (Å²) >= 11 is 0. The van der Waals surface area contributed by atoms with Crippen molar-refractivity contribution in [1.29, 1.82) is 0 Å². The van der Waals surface area contributed by atoms with Crippen molar-refractivity contribution in [2.45, 2.75) is 0 Å². The molecule has 0 unspecified atom stereocenters. The second-order valence-corrected chi connectivity index (χ2v) is 2.62. The van der Waals surface area contributed by atoms with Gasteiger partial charge in [-0.1, -0.05) is 0 Å². The summed E-state index contributed by atoms with van der Waals surface area (Å²) in [5.41, 5.74) is 11.2. The Hall–Kier alpha value is -2.05. The third-order valence-electron chi connectivity index (χ3n) is 1.65. The number of carbonyl (C=O) groups is 1. The van der Waals surface area contributed by atoms with Gasteiger partial charge in [-0.3, -0.25) is 4.90 Å². The van der Waals surface area contributed by atoms with Gasteiger partial charge < -0.3 is 16.8 Å². The fraction of sp³-hybridized carbons (Fsp3) is 0.286. The SMILES string of the molecule is CNC(=O)N(C)c1ncc(N)c(N)n1. The normalized spacial score (nSPS) is 9.57. The molecule has 0 aliphatic rings. The van der Waals surface area contributed by atoms with Crippen molar-refractivity contribution in [3.8, 4) is 0 Å². The van der Waals surface area contributed by atoms with Crippen molar-refractivity contribution < 1.29 is 4.79 Å². The molecule has 1 rings (SSSR count). The van der Waals surface area contributed by atoms with E-state index in [2.05, 4.69) is 15.3 Å². The summed E-state index contributed by atoms with van der Waals surface area (Å²) in [5.74, 6) is 0.363. The Morgan fingerprint density at radius 1 is 1.57 bits per heavy atom. The van der Waals surface area contributed by atoms with Crippen LogP contribution in [0.2, 0.25) is 0 Å². The molecule has 0 saturated carbocycles. The van der Waals surface area contributed by atoms with Crippen LogP contribution < -0.4 is 21.7 Å². The van der Waals surface area contributed by atoms with E-state index in [0.29, 0.717) is 5.69 Å². The minimum Gasteiger partial charge on any atom is -0.394 e. The molecule has 0 bridgehead atoms. The standard InChI is InChI=1S/C7H12N6O/c1-10-7(14)13(2)6-11-3-4(8)5(9)12-6/h3H,8H2,1-2H3,(H,10,14)(H2,9,11,12). The van der Waals surface area contributed by atoms with E-state index >= 15 is 0 Å². The highest BCUT2D eigenvalue weighted by atomic mass is 16.2. The number of nitrogens with one attached hydrogen (secondary N) is 1. The van der Waals surface area contributed by atoms with Crippen LogP contribution in [0.3, 0.4) is 0 Å². The van der Waals surface area contributed by atoms with Crippen LogP contribution in [0.25, 0.3) is 0 Å². The molecule has 1 aromatic rings. The van der Waals surface area contributed by atoms with Crippen LogP contribution in [0.15, 0.2) is 6.20 Å². The fourth-order valence-electron chi connectivity index (χ4n) is 0.815. The second-order valence-electron chi connectivity index (χ2n) is 2.62. The van der Waals surface area contributed by atoms with E-state index in [0.717, 1.165) is 0 Å². The lowest BCUT2D eigenvalue weighted by molar-refractivity contribution is 0.249. The van der Waals surface area contributed by atoms with Gasteiger partial charge in [0.2, 0.25) is 5.95 Å². The molecular weight excluding hydrogens is 184 g/mol. The van der Waals surface area contributed by atoms with E-state index < -0.39 is 0 Å². The number of hydrogen-bond acceptors (Lipinski definition) is 5. The van der Waals surface area contributed by atoms with E-state index in [1.54, 1.807) is 0 Å². The largest absolute Gasteiger partial charge is 0.394 e. The summed E-state index contributed by atoms with van der Waals surface area (Å²) in [6.45, 7) is 0. The molecule has 7 nitrogen and oxygen atoms in total. The van der Waals surface area contributed by atoms with Gasteiger partial charge in [-0.05, 0) is 0 Å². The molecule has 0 aliphatic heterocycles. The first-order chi connectivity index (χ1) is 6.56. The number of nitrogens with zero attached hydrogens (tertiary/aromatic N) is 3. The molecule has 0 aliphatic carbocycles. The number of hydrogen-bond donors (Lipinski definition) is 3. The van der Waals surface area contributed by atoms with Gasteiger partial charge in [0, 0.05) is 14.1 Å². The summed E-state index contributed by atoms with van der Waals surface area (Å²) in [7, 11) is 3.04. The second kappa shape index (κ2) is 3.77. The minimum atomic E-state index is -0.325. The van der Waals surface area contributed by atoms with Crippen LogP contribution in [-0.2, 0) is 0 Å². The molecule has 0 radical (unpaired) electrons. The lowest BCUT2D eigenvalue weighted by Crippen LogP contribution is -2.36. The maximum Gasteiger partial charge on any atom is 0.323 e. The third-order valence-corrected chi connectivity index (χ3v) is 1.65. The average Bonchev–Trinajstić information content (AvgIpc) is 2.20. The molecule has 0 fully saturated rings. The van der Waals surface area contributed by atoms with Crippen molar-refractivity contribution in [1.82, 2.24) is 15.3 Å². The van der Waals surface area contributed by atoms with E-state index in [9.17, 15) is 4.79 Å². The number of carbonyl (C=O) groups excluding carboxylic acids is 1. The van der Waals surface area contributed by atoms with Gasteiger partial charge in [0.05, 0.1) is 11.9 Å². The van der Waals surface area contributed by atoms with Gasteiger partial charge in [-0.2, -0.15) is 4.98 Å². The van der Waals surface area contributed by atoms with Gasteiger partial charge in [0.1, 0.15) is 0 Å². The monoisotopic (exact) mass is 196 g/mol. The van der Waals surface area contributed by atoms with Crippen molar-refractivity contribution in [3.63, 3.8) is 0 Å². The van der Waals surface area contributed by atoms with E-state index in [1.807, 2.05) is 0 Å². The Labute approximate surface area is 81.1 Å². The van der Waals surface area contributed by atoms with Gasteiger partial charge in [-0.15, -0.1) is 0 Å². The number of aromatic nitrogens is 2. The Balaban J connectivity index is 2.96. The lowest BCUT2D eigenvalue weighted by Gasteiger charge is -2.14. The fourth-order valence-corrected chi connectivity index (χ4v) is 0.815. The zero-order valence-corrected chi connectivity index (χ0v) is 7.98. The molecule has 76 valence electrons. The zero-order chi connectivity index (χ0) is 10.7. The van der Waals surface area contributed by atoms with Gasteiger partial charge in [0.25, 0.3) is 0 Å². The molecule has 14 heavy (non-hydrogen) atoms. The highest BCUT2D eigenvalue weighted by Gasteiger charge is 2.12. The van der Waals surface area contributed by atoms with Crippen molar-refractivity contribution in [3.05, 3.63) is 6.20 Å². The number of amides is 2. The summed E-state index contributed by atoms with van der Waals surface area (Å²) in [6.07, 6.45) is 1.36. The summed E-state index contributed by atoms with van der Waals surface area (Å²) in [5, 5.41) is 2.43. The molecule has 1 aromatic heterocycles. The Morgan fingerprint density at radius 2 is 2.21 bits per heavy atom. The number of rotatable bonds is 1. The van der Waals surface area contributed by atoms with Crippen LogP contribution >= 0.6 is 0 Å². The van der Waals surface area contributed by atoms with Crippen LogP contribution in [0.1, 0.15) is 0 Å². The number of nitrogens with two attached hydrogens (primary N) is 2. The third kappa shape index (κ3) is 1.82. The molecule has 7 heteroatoms. The maximum absolute atomic E-state index is 11.2. The average molecular weight is 196 g/mol. The van der Waals surface area contributed by atoms with Crippen LogP contribution in [-0.4, -0.2) is 30.1 Å². The van der Waals surface area contributed by atoms with Crippen LogP contribution in [0, 0.1) is 0 Å². The van der Waals surface area contributed by atoms with Crippen molar-refractivity contribution >= 4 is 23.5 Å². The van der Waals surface area contributed by atoms with Gasteiger partial charge in [0.15, 0.2) is 5.82 Å². The maximum atomic E-state index is 11.2. The molecule has 2 amide bonds. The first kappa shape index (κ1) is 10.0. The molecule has 0 spiro atoms. The molecule has 1 heterocycles. The minimum absolute atomic E-state index is 0.158. The molecule has 5 N–H and O–H groups in total. The number of urea groups is 1. The number of nitrogen functional groups attached to an aromatic ring is 2.